The van der Waals surface area contributed by atoms with E-state index >= 15 is 0 Å². The minimum Gasteiger partial charge on any atom is -0.508 e. The molecule has 1 aliphatic heterocycles. The number of hydrogen-bond donors (Lipinski definition) is 3. The van der Waals surface area contributed by atoms with E-state index in [2.05, 4.69) is 39.8 Å². The fraction of sp³-hybridized carbons (Fsp3) is 0.435. The highest BCUT2D eigenvalue weighted by molar-refractivity contribution is 5.68. The largest absolute Gasteiger partial charge is 0.508 e. The van der Waals surface area contributed by atoms with Crippen LogP contribution >= 0.6 is 0 Å². The first-order valence-electron chi connectivity index (χ1n) is 10.1. The summed E-state index contributed by atoms with van der Waals surface area (Å²) < 4.78 is 5.35. The lowest BCUT2D eigenvalue weighted by Gasteiger charge is -2.34. The second-order valence-electron chi connectivity index (χ2n) is 8.48. The number of carbonyl (C=O) groups is 1. The van der Waals surface area contributed by atoms with Crippen molar-refractivity contribution in [2.45, 2.75) is 51.8 Å². The molecule has 0 unspecified atom stereocenters. The molecule has 1 fully saturated rings. The predicted octanol–water partition coefficient (Wildman–Crippen LogP) is 4.50. The monoisotopic (exact) mass is 397 g/mol. The van der Waals surface area contributed by atoms with Crippen LogP contribution in [0.1, 0.15) is 39.2 Å². The molecule has 2 aromatic rings. The van der Waals surface area contributed by atoms with E-state index < -0.39 is 5.60 Å². The van der Waals surface area contributed by atoms with Crippen LogP contribution in [0.5, 0.6) is 5.75 Å². The van der Waals surface area contributed by atoms with Gasteiger partial charge in [0.15, 0.2) is 0 Å². The predicted molar refractivity (Wildman–Crippen MR) is 116 cm³/mol. The van der Waals surface area contributed by atoms with Gasteiger partial charge < -0.3 is 25.4 Å². The summed E-state index contributed by atoms with van der Waals surface area (Å²) in [6.45, 7) is 8.10. The lowest BCUT2D eigenvalue weighted by molar-refractivity contribution is 0.0497. The number of aromatic hydroxyl groups is 1. The third kappa shape index (κ3) is 6.59. The highest BCUT2D eigenvalue weighted by Gasteiger charge is 2.23. The molecular weight excluding hydrogens is 366 g/mol. The van der Waals surface area contributed by atoms with Crippen molar-refractivity contribution in [3.63, 3.8) is 0 Å². The van der Waals surface area contributed by atoms with Gasteiger partial charge in [0, 0.05) is 37.1 Å². The van der Waals surface area contributed by atoms with Crippen LogP contribution in [-0.4, -0.2) is 35.9 Å². The van der Waals surface area contributed by atoms with E-state index in [9.17, 15) is 9.90 Å². The Morgan fingerprint density at radius 2 is 1.83 bits per heavy atom. The first kappa shape index (κ1) is 20.8. The molecule has 0 saturated carbocycles. The number of carbonyl (C=O) groups excluding carboxylic acids is 1. The van der Waals surface area contributed by atoms with Crippen molar-refractivity contribution in [2.24, 2.45) is 0 Å². The summed E-state index contributed by atoms with van der Waals surface area (Å²) >= 11 is 0. The summed E-state index contributed by atoms with van der Waals surface area (Å²) in [6, 6.07) is 15.8. The quantitative estimate of drug-likeness (QED) is 0.693. The number of anilines is 2. The topological polar surface area (TPSA) is 73.8 Å². The van der Waals surface area contributed by atoms with Gasteiger partial charge in [-0.25, -0.2) is 4.79 Å². The molecule has 0 radical (unpaired) electrons. The molecule has 3 N–H and O–H groups in total. The molecule has 0 bridgehead atoms. The van der Waals surface area contributed by atoms with Gasteiger partial charge in [-0.3, -0.25) is 0 Å². The molecule has 0 atom stereocenters. The third-order valence-corrected chi connectivity index (χ3v) is 4.86. The van der Waals surface area contributed by atoms with Crippen molar-refractivity contribution in [3.05, 3.63) is 54.1 Å². The number of phenolic OH excluding ortho intramolecular Hbond substituents is 1. The standard InChI is InChI=1S/C23H31N3O3/c1-23(2,3)29-22(28)25-18-11-13-26(14-12-18)20-6-4-5-19(15-20)24-16-17-7-9-21(27)10-8-17/h4-10,15,18,24,27H,11-14,16H2,1-3H3,(H,25,28). The smallest absolute Gasteiger partial charge is 0.407 e. The van der Waals surface area contributed by atoms with E-state index in [4.69, 9.17) is 4.74 Å². The van der Waals surface area contributed by atoms with Gasteiger partial charge >= 0.3 is 6.09 Å². The Bertz CT molecular complexity index is 807. The van der Waals surface area contributed by atoms with Gasteiger partial charge in [0.05, 0.1) is 0 Å². The summed E-state index contributed by atoms with van der Waals surface area (Å²) in [4.78, 5) is 14.3. The zero-order valence-electron chi connectivity index (χ0n) is 17.4. The maximum Gasteiger partial charge on any atom is 0.407 e. The second-order valence-corrected chi connectivity index (χ2v) is 8.48. The minimum atomic E-state index is -0.474. The fourth-order valence-corrected chi connectivity index (χ4v) is 3.39. The molecule has 0 aromatic heterocycles. The Balaban J connectivity index is 1.50. The van der Waals surface area contributed by atoms with Gasteiger partial charge in [0.25, 0.3) is 0 Å². The van der Waals surface area contributed by atoms with Crippen LogP contribution in [0.4, 0.5) is 16.2 Å². The zero-order valence-corrected chi connectivity index (χ0v) is 17.4. The number of amides is 1. The van der Waals surface area contributed by atoms with E-state index in [1.54, 1.807) is 12.1 Å². The molecule has 0 aliphatic carbocycles. The van der Waals surface area contributed by atoms with Crippen LogP contribution in [0.2, 0.25) is 0 Å². The molecule has 6 heteroatoms. The first-order chi connectivity index (χ1) is 13.8. The maximum absolute atomic E-state index is 12.0. The number of alkyl carbamates (subject to hydrolysis) is 1. The highest BCUT2D eigenvalue weighted by Crippen LogP contribution is 2.24. The van der Waals surface area contributed by atoms with Crippen molar-refractivity contribution in [1.29, 1.82) is 0 Å². The summed E-state index contributed by atoms with van der Waals surface area (Å²) in [7, 11) is 0. The van der Waals surface area contributed by atoms with Gasteiger partial charge in [0.1, 0.15) is 11.4 Å². The number of benzene rings is 2. The van der Waals surface area contributed by atoms with Crippen LogP contribution in [-0.2, 0) is 11.3 Å². The summed E-state index contributed by atoms with van der Waals surface area (Å²) in [5.41, 5.74) is 2.88. The Labute approximate surface area is 172 Å². The maximum atomic E-state index is 12.0. The van der Waals surface area contributed by atoms with Crippen LogP contribution in [0.15, 0.2) is 48.5 Å². The molecule has 1 heterocycles. The zero-order chi connectivity index (χ0) is 20.9. The molecule has 29 heavy (non-hydrogen) atoms. The average Bonchev–Trinajstić information content (AvgIpc) is 2.67. The number of ether oxygens (including phenoxy) is 1. The Morgan fingerprint density at radius 3 is 2.48 bits per heavy atom. The molecule has 0 spiro atoms. The summed E-state index contributed by atoms with van der Waals surface area (Å²) in [5, 5.41) is 15.8. The normalized spacial score (nSPS) is 15.1. The second kappa shape index (κ2) is 9.07. The van der Waals surface area contributed by atoms with Gasteiger partial charge in [-0.2, -0.15) is 0 Å². The van der Waals surface area contributed by atoms with Crippen LogP contribution in [0.3, 0.4) is 0 Å². The van der Waals surface area contributed by atoms with Crippen LogP contribution in [0, 0.1) is 0 Å². The van der Waals surface area contributed by atoms with E-state index in [0.717, 1.165) is 37.2 Å². The van der Waals surface area contributed by atoms with Gasteiger partial charge in [-0.1, -0.05) is 18.2 Å². The SMILES string of the molecule is CC(C)(C)OC(=O)NC1CCN(c2cccc(NCc3ccc(O)cc3)c2)CC1. The van der Waals surface area contributed by atoms with Crippen molar-refractivity contribution in [2.75, 3.05) is 23.3 Å². The molecule has 1 amide bonds. The van der Waals surface area contributed by atoms with Gasteiger partial charge in [0.2, 0.25) is 0 Å². The molecule has 6 nitrogen and oxygen atoms in total. The first-order valence-corrected chi connectivity index (χ1v) is 10.1. The number of nitrogens with zero attached hydrogens (tertiary/aromatic N) is 1. The molecular formula is C23H31N3O3. The lowest BCUT2D eigenvalue weighted by atomic mass is 10.0. The number of nitrogens with one attached hydrogen (secondary N) is 2. The Hall–Kier alpha value is -2.89. The summed E-state index contributed by atoms with van der Waals surface area (Å²) in [6.07, 6.45) is 1.45. The fourth-order valence-electron chi connectivity index (χ4n) is 3.39. The van der Waals surface area contributed by atoms with E-state index in [0.29, 0.717) is 6.54 Å². The number of piperidine rings is 1. The third-order valence-electron chi connectivity index (χ3n) is 4.86. The molecule has 2 aromatic carbocycles. The molecule has 156 valence electrons. The average molecular weight is 398 g/mol. The highest BCUT2D eigenvalue weighted by atomic mass is 16.6. The van der Waals surface area contributed by atoms with Crippen LogP contribution in [0.25, 0.3) is 0 Å². The lowest BCUT2D eigenvalue weighted by Crippen LogP contribution is -2.46. The molecule has 1 saturated heterocycles. The number of phenols is 1. The summed E-state index contributed by atoms with van der Waals surface area (Å²) in [5.74, 6) is 0.278. The molecule has 1 aliphatic rings. The Morgan fingerprint density at radius 1 is 1.14 bits per heavy atom. The van der Waals surface area contributed by atoms with Crippen LogP contribution < -0.4 is 15.5 Å². The minimum absolute atomic E-state index is 0.150. The van der Waals surface area contributed by atoms with E-state index in [1.165, 1.54) is 5.69 Å². The van der Waals surface area contributed by atoms with Gasteiger partial charge in [-0.05, 0) is 69.5 Å². The molecule has 3 rings (SSSR count). The van der Waals surface area contributed by atoms with Crippen molar-refractivity contribution < 1.29 is 14.6 Å². The van der Waals surface area contributed by atoms with E-state index in [1.807, 2.05) is 32.9 Å². The van der Waals surface area contributed by atoms with Gasteiger partial charge in [-0.15, -0.1) is 0 Å². The van der Waals surface area contributed by atoms with Crippen molar-refractivity contribution in [3.8, 4) is 5.75 Å². The number of hydrogen-bond acceptors (Lipinski definition) is 5. The van der Waals surface area contributed by atoms with Crippen molar-refractivity contribution >= 4 is 17.5 Å². The Kier molecular flexibility index (Phi) is 6.52. The van der Waals surface area contributed by atoms with Crippen molar-refractivity contribution in [1.82, 2.24) is 5.32 Å². The number of rotatable bonds is 5. The van der Waals surface area contributed by atoms with E-state index in [-0.39, 0.29) is 17.9 Å².